The molecular formula is C16H19N3O2S. The highest BCUT2D eigenvalue weighted by molar-refractivity contribution is 7.13. The largest absolute Gasteiger partial charge is 0.339 e. The van der Waals surface area contributed by atoms with Crippen molar-refractivity contribution in [3.05, 3.63) is 34.6 Å². The van der Waals surface area contributed by atoms with Crippen LogP contribution in [0.5, 0.6) is 0 Å². The maximum absolute atomic E-state index is 12.5. The Morgan fingerprint density at radius 1 is 1.32 bits per heavy atom. The fourth-order valence-corrected chi connectivity index (χ4v) is 4.58. The highest BCUT2D eigenvalue weighted by Gasteiger charge is 2.36. The van der Waals surface area contributed by atoms with E-state index in [4.69, 9.17) is 0 Å². The van der Waals surface area contributed by atoms with Gasteiger partial charge in [-0.1, -0.05) is 23.7 Å². The smallest absolute Gasteiger partial charge is 0.268 e. The zero-order valence-electron chi connectivity index (χ0n) is 12.3. The van der Waals surface area contributed by atoms with Gasteiger partial charge in [-0.2, -0.15) is 0 Å². The average Bonchev–Trinajstić information content (AvgIpc) is 3.10. The second-order valence-corrected chi connectivity index (χ2v) is 7.25. The van der Waals surface area contributed by atoms with Gasteiger partial charge in [-0.15, -0.1) is 0 Å². The van der Waals surface area contributed by atoms with Gasteiger partial charge in [0.2, 0.25) is 5.91 Å². The van der Waals surface area contributed by atoms with Gasteiger partial charge in [0.15, 0.2) is 0 Å². The quantitative estimate of drug-likeness (QED) is 0.908. The van der Waals surface area contributed by atoms with Crippen molar-refractivity contribution in [2.45, 2.75) is 25.4 Å². The first-order chi connectivity index (χ1) is 10.7. The van der Waals surface area contributed by atoms with E-state index in [-0.39, 0.29) is 18.0 Å². The number of likely N-dealkylation sites (tertiary alicyclic amines) is 1. The molecule has 2 aliphatic rings. The number of amides is 1. The lowest BCUT2D eigenvalue weighted by Crippen LogP contribution is -2.41. The van der Waals surface area contributed by atoms with Gasteiger partial charge in [0.1, 0.15) is 6.54 Å². The van der Waals surface area contributed by atoms with Gasteiger partial charge >= 0.3 is 0 Å². The van der Waals surface area contributed by atoms with E-state index in [0.29, 0.717) is 17.3 Å². The zero-order valence-corrected chi connectivity index (χ0v) is 13.1. The van der Waals surface area contributed by atoms with Crippen LogP contribution in [0.15, 0.2) is 29.1 Å². The number of hydrogen-bond acceptors (Lipinski definition) is 4. The second-order valence-electron chi connectivity index (χ2n) is 6.19. The number of nitrogens with one attached hydrogen (secondary N) is 1. The molecule has 0 aliphatic carbocycles. The number of carbonyl (C=O) groups is 1. The van der Waals surface area contributed by atoms with E-state index in [1.54, 1.807) is 3.96 Å². The van der Waals surface area contributed by atoms with E-state index in [2.05, 4.69) is 5.32 Å². The molecule has 116 valence electrons. The Morgan fingerprint density at radius 3 is 3.00 bits per heavy atom. The zero-order chi connectivity index (χ0) is 15.1. The fourth-order valence-electron chi connectivity index (χ4n) is 3.59. The third-order valence-electron chi connectivity index (χ3n) is 4.78. The minimum absolute atomic E-state index is 0.0521. The monoisotopic (exact) mass is 317 g/mol. The van der Waals surface area contributed by atoms with E-state index >= 15 is 0 Å². The summed E-state index contributed by atoms with van der Waals surface area (Å²) in [5, 5.41) is 4.21. The Kier molecular flexibility index (Phi) is 3.50. The number of nitrogens with zero attached hydrogens (tertiary/aromatic N) is 2. The maximum Gasteiger partial charge on any atom is 0.268 e. The van der Waals surface area contributed by atoms with Gasteiger partial charge in [0, 0.05) is 19.1 Å². The molecule has 2 aromatic rings. The lowest BCUT2D eigenvalue weighted by atomic mass is 9.94. The molecule has 1 aromatic heterocycles. The Balaban J connectivity index is 1.52. The number of aromatic nitrogens is 1. The van der Waals surface area contributed by atoms with Crippen molar-refractivity contribution in [2.24, 2.45) is 5.92 Å². The summed E-state index contributed by atoms with van der Waals surface area (Å²) in [4.78, 5) is 26.8. The van der Waals surface area contributed by atoms with Gasteiger partial charge in [0.05, 0.1) is 10.1 Å². The predicted octanol–water partition coefficient (Wildman–Crippen LogP) is 1.27. The molecule has 2 saturated heterocycles. The summed E-state index contributed by atoms with van der Waals surface area (Å²) in [6.45, 7) is 2.83. The lowest BCUT2D eigenvalue weighted by Gasteiger charge is -2.24. The van der Waals surface area contributed by atoms with Crippen LogP contribution in [0.2, 0.25) is 0 Å². The van der Waals surface area contributed by atoms with E-state index in [9.17, 15) is 9.59 Å². The summed E-state index contributed by atoms with van der Waals surface area (Å²) in [5.74, 6) is 0.640. The first kappa shape index (κ1) is 14.0. The molecule has 4 rings (SSSR count). The number of hydrogen-bond donors (Lipinski definition) is 1. The van der Waals surface area contributed by atoms with E-state index in [1.165, 1.54) is 24.4 Å². The molecule has 2 fully saturated rings. The average molecular weight is 317 g/mol. The van der Waals surface area contributed by atoms with Gasteiger partial charge in [-0.3, -0.25) is 13.5 Å². The van der Waals surface area contributed by atoms with Crippen molar-refractivity contribution in [1.29, 1.82) is 0 Å². The molecule has 6 heteroatoms. The number of carbonyl (C=O) groups excluding carboxylic acids is 1. The van der Waals surface area contributed by atoms with Crippen LogP contribution in [0, 0.1) is 5.92 Å². The SMILES string of the molecule is O=C(Cn1sc2ccccc2c1=O)N1C[C@H]2CCCN[C@H]2C1. The molecule has 0 bridgehead atoms. The van der Waals surface area contributed by atoms with Crippen molar-refractivity contribution in [2.75, 3.05) is 19.6 Å². The Labute approximate surface area is 132 Å². The molecule has 0 unspecified atom stereocenters. The number of piperidine rings is 1. The molecule has 1 N–H and O–H groups in total. The Bertz CT molecular complexity index is 752. The number of benzene rings is 1. The highest BCUT2D eigenvalue weighted by Crippen LogP contribution is 2.25. The molecule has 2 atom stereocenters. The topological polar surface area (TPSA) is 54.3 Å². The first-order valence-electron chi connectivity index (χ1n) is 7.82. The molecule has 0 saturated carbocycles. The van der Waals surface area contributed by atoms with Crippen molar-refractivity contribution >= 4 is 27.5 Å². The number of rotatable bonds is 2. The molecule has 2 aliphatic heterocycles. The molecule has 3 heterocycles. The second kappa shape index (κ2) is 5.52. The van der Waals surface area contributed by atoms with E-state index in [1.807, 2.05) is 29.2 Å². The first-order valence-corrected chi connectivity index (χ1v) is 8.60. The summed E-state index contributed by atoms with van der Waals surface area (Å²) in [5.41, 5.74) is -0.0521. The summed E-state index contributed by atoms with van der Waals surface area (Å²) in [6, 6.07) is 7.97. The van der Waals surface area contributed by atoms with Crippen molar-refractivity contribution in [3.8, 4) is 0 Å². The maximum atomic E-state index is 12.5. The standard InChI is InChI=1S/C16H19N3O2S/c20-15(18-8-11-4-3-7-17-13(11)9-18)10-19-16(21)12-5-1-2-6-14(12)22-19/h1-2,5-6,11,13,17H,3-4,7-10H2/t11-,13+/m1/s1. The van der Waals surface area contributed by atoms with Gasteiger partial charge in [-0.25, -0.2) is 0 Å². The lowest BCUT2D eigenvalue weighted by molar-refractivity contribution is -0.130. The van der Waals surface area contributed by atoms with Crippen LogP contribution >= 0.6 is 11.5 Å². The fraction of sp³-hybridized carbons (Fsp3) is 0.500. The molecule has 22 heavy (non-hydrogen) atoms. The third-order valence-corrected chi connectivity index (χ3v) is 5.85. The Morgan fingerprint density at radius 2 is 2.18 bits per heavy atom. The van der Waals surface area contributed by atoms with Crippen LogP contribution in [0.1, 0.15) is 12.8 Å². The summed E-state index contributed by atoms with van der Waals surface area (Å²) < 4.78 is 2.53. The Hall–Kier alpha value is -1.66. The van der Waals surface area contributed by atoms with Crippen LogP contribution in [0.3, 0.4) is 0 Å². The van der Waals surface area contributed by atoms with Gasteiger partial charge in [-0.05, 0) is 37.4 Å². The van der Waals surface area contributed by atoms with E-state index < -0.39 is 0 Å². The van der Waals surface area contributed by atoms with Gasteiger partial charge in [0.25, 0.3) is 5.56 Å². The van der Waals surface area contributed by atoms with Crippen LogP contribution in [-0.4, -0.2) is 40.4 Å². The molecule has 0 spiro atoms. The minimum Gasteiger partial charge on any atom is -0.339 e. The molecule has 0 radical (unpaired) electrons. The molecule has 5 nitrogen and oxygen atoms in total. The minimum atomic E-state index is -0.0521. The summed E-state index contributed by atoms with van der Waals surface area (Å²) in [7, 11) is 0. The van der Waals surface area contributed by atoms with Crippen LogP contribution in [0.4, 0.5) is 0 Å². The van der Waals surface area contributed by atoms with Crippen LogP contribution < -0.4 is 10.9 Å². The predicted molar refractivity (Wildman–Crippen MR) is 87.2 cm³/mol. The normalized spacial score (nSPS) is 24.6. The van der Waals surface area contributed by atoms with Crippen LogP contribution in [0.25, 0.3) is 10.1 Å². The van der Waals surface area contributed by atoms with Gasteiger partial charge < -0.3 is 10.2 Å². The highest BCUT2D eigenvalue weighted by atomic mass is 32.1. The molecule has 1 aromatic carbocycles. The van der Waals surface area contributed by atoms with Crippen molar-refractivity contribution in [1.82, 2.24) is 14.2 Å². The summed E-state index contributed by atoms with van der Waals surface area (Å²) in [6.07, 6.45) is 2.39. The summed E-state index contributed by atoms with van der Waals surface area (Å²) >= 11 is 1.38. The molecule has 1 amide bonds. The van der Waals surface area contributed by atoms with Crippen molar-refractivity contribution in [3.63, 3.8) is 0 Å². The number of fused-ring (bicyclic) bond motifs is 2. The third kappa shape index (κ3) is 2.36. The molecular weight excluding hydrogens is 298 g/mol. The van der Waals surface area contributed by atoms with E-state index in [0.717, 1.165) is 24.3 Å². The van der Waals surface area contributed by atoms with Crippen molar-refractivity contribution < 1.29 is 4.79 Å². The van der Waals surface area contributed by atoms with Crippen LogP contribution in [-0.2, 0) is 11.3 Å².